The summed E-state index contributed by atoms with van der Waals surface area (Å²) in [6.07, 6.45) is 1.15. The van der Waals surface area contributed by atoms with Crippen molar-refractivity contribution in [2.24, 2.45) is 5.41 Å². The van der Waals surface area contributed by atoms with Crippen LogP contribution in [0.1, 0.15) is 51.3 Å². The van der Waals surface area contributed by atoms with Gasteiger partial charge in [0.25, 0.3) is 0 Å². The van der Waals surface area contributed by atoms with E-state index in [0.29, 0.717) is 29.1 Å². The fourth-order valence-electron chi connectivity index (χ4n) is 3.83. The van der Waals surface area contributed by atoms with E-state index in [0.717, 1.165) is 0 Å². The highest BCUT2D eigenvalue weighted by Gasteiger charge is 2.56. The molecule has 8 heteroatoms. The molecule has 3 rings (SSSR count). The zero-order valence-corrected chi connectivity index (χ0v) is 17.2. The highest BCUT2D eigenvalue weighted by molar-refractivity contribution is 5.86. The minimum Gasteiger partial charge on any atom is -0.495 e. The number of nitrogens with zero attached hydrogens (tertiary/aromatic N) is 2. The summed E-state index contributed by atoms with van der Waals surface area (Å²) in [5, 5.41) is 0. The smallest absolute Gasteiger partial charge is 0.414 e. The molecule has 1 fully saturated rings. The summed E-state index contributed by atoms with van der Waals surface area (Å²) < 4.78 is 37.9. The van der Waals surface area contributed by atoms with Gasteiger partial charge < -0.3 is 15.2 Å². The Balaban J connectivity index is 2.01. The summed E-state index contributed by atoms with van der Waals surface area (Å²) in [5.41, 5.74) is 6.20. The van der Waals surface area contributed by atoms with E-state index in [1.165, 1.54) is 12.0 Å². The number of anilines is 1. The van der Waals surface area contributed by atoms with Crippen LogP contribution in [-0.4, -0.2) is 41.2 Å². The van der Waals surface area contributed by atoms with Crippen molar-refractivity contribution in [2.75, 3.05) is 19.4 Å². The lowest BCUT2D eigenvalue weighted by Crippen LogP contribution is -2.50. The molecule has 0 saturated heterocycles. The van der Waals surface area contributed by atoms with Crippen molar-refractivity contribution in [3.63, 3.8) is 0 Å². The maximum atomic E-state index is 13.6. The number of ether oxygens (including phenoxy) is 2. The minimum absolute atomic E-state index is 0.156. The van der Waals surface area contributed by atoms with Crippen molar-refractivity contribution in [3.8, 4) is 0 Å². The summed E-state index contributed by atoms with van der Waals surface area (Å²) in [6.45, 7) is 9.33. The van der Waals surface area contributed by atoms with Crippen LogP contribution >= 0.6 is 0 Å². The van der Waals surface area contributed by atoms with Crippen LogP contribution in [0, 0.1) is 5.41 Å². The van der Waals surface area contributed by atoms with Crippen LogP contribution in [-0.2, 0) is 9.47 Å². The Labute approximate surface area is 169 Å². The van der Waals surface area contributed by atoms with Crippen molar-refractivity contribution >= 4 is 23.4 Å². The number of allylic oxidation sites excluding steroid dienone is 1. The number of nitrogens with two attached hydrogens (primary N) is 1. The Kier molecular flexibility index (Phi) is 5.09. The minimum atomic E-state index is -2.68. The number of pyridine rings is 1. The third-order valence-corrected chi connectivity index (χ3v) is 5.14. The Bertz CT molecular complexity index is 866. The summed E-state index contributed by atoms with van der Waals surface area (Å²) >= 11 is 0. The van der Waals surface area contributed by atoms with E-state index < -0.39 is 23.0 Å². The predicted molar refractivity (Wildman–Crippen MR) is 107 cm³/mol. The first kappa shape index (κ1) is 21.1. The molecular weight excluding hydrogens is 380 g/mol. The molecule has 1 aliphatic carbocycles. The molecule has 1 aliphatic heterocycles. The zero-order chi connectivity index (χ0) is 21.6. The third-order valence-electron chi connectivity index (χ3n) is 5.14. The highest BCUT2D eigenvalue weighted by atomic mass is 19.3. The molecule has 1 amide bonds. The number of carbonyl (C=O) groups excluding carboxylic acids is 1. The Hall–Kier alpha value is -2.64. The van der Waals surface area contributed by atoms with E-state index in [-0.39, 0.29) is 25.2 Å². The largest absolute Gasteiger partial charge is 0.495 e. The van der Waals surface area contributed by atoms with Gasteiger partial charge in [-0.2, -0.15) is 0 Å². The van der Waals surface area contributed by atoms with Gasteiger partial charge in [-0.25, -0.2) is 18.6 Å². The number of nitrogen functional groups attached to an aromatic ring is 1. The van der Waals surface area contributed by atoms with Gasteiger partial charge in [-0.1, -0.05) is 12.7 Å². The molecule has 1 aromatic heterocycles. The number of hydrogen-bond acceptors (Lipinski definition) is 5. The molecule has 29 heavy (non-hydrogen) atoms. The molecule has 0 radical (unpaired) electrons. The molecule has 0 unspecified atom stereocenters. The fraction of sp³-hybridized carbons (Fsp3) is 0.524. The molecule has 0 atom stereocenters. The van der Waals surface area contributed by atoms with E-state index in [2.05, 4.69) is 11.6 Å². The standard InChI is InChI=1S/C21H27F2N3O3/c1-13(28-5)15-7-6-14(17(24)25-15)16-10-20(11-21(22,23)12-20)8-9-26(16)18(27)29-19(2,3)4/h6-7,10H,1,8-9,11-12H2,2-5H3,(H2,24,25). The average molecular weight is 407 g/mol. The number of methoxy groups -OCH3 is 1. The number of rotatable bonds is 3. The number of amides is 1. The van der Waals surface area contributed by atoms with Crippen LogP contribution in [0.25, 0.3) is 11.5 Å². The Morgan fingerprint density at radius 3 is 2.48 bits per heavy atom. The quantitative estimate of drug-likeness (QED) is 0.736. The summed E-state index contributed by atoms with van der Waals surface area (Å²) in [4.78, 5) is 18.5. The first-order valence-electron chi connectivity index (χ1n) is 9.46. The summed E-state index contributed by atoms with van der Waals surface area (Å²) in [7, 11) is 1.47. The summed E-state index contributed by atoms with van der Waals surface area (Å²) in [5.74, 6) is -2.18. The van der Waals surface area contributed by atoms with Gasteiger partial charge in [-0.15, -0.1) is 0 Å². The second kappa shape index (κ2) is 7.00. The lowest BCUT2D eigenvalue weighted by atomic mass is 9.62. The van der Waals surface area contributed by atoms with Crippen LogP contribution in [0.5, 0.6) is 0 Å². The first-order chi connectivity index (χ1) is 13.3. The van der Waals surface area contributed by atoms with E-state index in [4.69, 9.17) is 15.2 Å². The molecular formula is C21H27F2N3O3. The van der Waals surface area contributed by atoms with Crippen molar-refractivity contribution < 1.29 is 23.0 Å². The van der Waals surface area contributed by atoms with Gasteiger partial charge in [-0.3, -0.25) is 4.90 Å². The van der Waals surface area contributed by atoms with Gasteiger partial charge in [0, 0.05) is 30.4 Å². The monoisotopic (exact) mass is 407 g/mol. The summed E-state index contributed by atoms with van der Waals surface area (Å²) in [6, 6.07) is 3.36. The maximum Gasteiger partial charge on any atom is 0.414 e. The maximum absolute atomic E-state index is 13.6. The second-order valence-electron chi connectivity index (χ2n) is 8.74. The van der Waals surface area contributed by atoms with E-state index in [1.807, 2.05) is 0 Å². The van der Waals surface area contributed by atoms with Gasteiger partial charge in [0.1, 0.15) is 22.9 Å². The number of halogens is 2. The predicted octanol–water partition coefficient (Wildman–Crippen LogP) is 4.68. The number of aromatic nitrogens is 1. The van der Waals surface area contributed by atoms with E-state index in [1.54, 1.807) is 39.0 Å². The van der Waals surface area contributed by atoms with E-state index in [9.17, 15) is 13.6 Å². The average Bonchev–Trinajstić information content (AvgIpc) is 2.57. The molecule has 2 heterocycles. The van der Waals surface area contributed by atoms with Crippen molar-refractivity contribution in [3.05, 3.63) is 36.0 Å². The third kappa shape index (κ3) is 4.36. The SMILES string of the molecule is C=C(OC)c1ccc(C2=CC3(CCN2C(=O)OC(C)(C)C)CC(F)(F)C3)c(N)n1. The molecule has 6 nitrogen and oxygen atoms in total. The van der Waals surface area contributed by atoms with Crippen molar-refractivity contribution in [2.45, 2.75) is 51.6 Å². The fourth-order valence-corrected chi connectivity index (χ4v) is 3.83. The highest BCUT2D eigenvalue weighted by Crippen LogP contribution is 2.57. The normalized spacial score (nSPS) is 19.9. The number of alkyl halides is 2. The first-order valence-corrected chi connectivity index (χ1v) is 9.46. The second-order valence-corrected chi connectivity index (χ2v) is 8.74. The van der Waals surface area contributed by atoms with Gasteiger partial charge in [0.2, 0.25) is 5.92 Å². The molecule has 0 bridgehead atoms. The molecule has 2 aliphatic rings. The Morgan fingerprint density at radius 1 is 1.31 bits per heavy atom. The van der Waals surface area contributed by atoms with Gasteiger partial charge >= 0.3 is 6.09 Å². The molecule has 0 aromatic carbocycles. The molecule has 2 N–H and O–H groups in total. The van der Waals surface area contributed by atoms with Gasteiger partial charge in [-0.05, 0) is 39.3 Å². The molecule has 1 saturated carbocycles. The van der Waals surface area contributed by atoms with Crippen molar-refractivity contribution in [1.29, 1.82) is 0 Å². The zero-order valence-electron chi connectivity index (χ0n) is 17.2. The number of hydrogen-bond donors (Lipinski definition) is 1. The molecule has 1 aromatic rings. The lowest BCUT2D eigenvalue weighted by molar-refractivity contribution is -0.146. The number of carbonyl (C=O) groups is 1. The Morgan fingerprint density at radius 2 is 1.97 bits per heavy atom. The molecule has 158 valence electrons. The topological polar surface area (TPSA) is 77.7 Å². The van der Waals surface area contributed by atoms with E-state index >= 15 is 0 Å². The molecule has 1 spiro atoms. The van der Waals surface area contributed by atoms with Crippen LogP contribution in [0.2, 0.25) is 0 Å². The van der Waals surface area contributed by atoms with Crippen LogP contribution < -0.4 is 5.73 Å². The van der Waals surface area contributed by atoms with Crippen LogP contribution in [0.15, 0.2) is 24.8 Å². The van der Waals surface area contributed by atoms with Crippen molar-refractivity contribution in [1.82, 2.24) is 9.88 Å². The van der Waals surface area contributed by atoms with Gasteiger partial charge in [0.05, 0.1) is 12.8 Å². The van der Waals surface area contributed by atoms with Crippen LogP contribution in [0.3, 0.4) is 0 Å². The van der Waals surface area contributed by atoms with Crippen LogP contribution in [0.4, 0.5) is 19.4 Å². The van der Waals surface area contributed by atoms with Gasteiger partial charge in [0.15, 0.2) is 0 Å². The lowest BCUT2D eigenvalue weighted by Gasteiger charge is -2.49.